The van der Waals surface area contributed by atoms with Gasteiger partial charge in [0, 0.05) is 18.3 Å². The Morgan fingerprint density at radius 1 is 1.45 bits per heavy atom. The Morgan fingerprint density at radius 2 is 2.21 bits per heavy atom. The number of aromatic nitrogens is 2. The molecule has 4 N–H and O–H groups in total. The highest BCUT2D eigenvalue weighted by molar-refractivity contribution is 5.91. The molecule has 150 valence electrons. The molecule has 1 aliphatic carbocycles. The predicted molar refractivity (Wildman–Crippen MR) is 100 cm³/mol. The molecule has 1 aliphatic heterocycles. The molecule has 1 unspecified atom stereocenters. The maximum absolute atomic E-state index is 14.6. The number of ether oxygens (including phenoxy) is 1. The first-order valence-electron chi connectivity index (χ1n) is 9.15. The molecule has 0 bridgehead atoms. The van der Waals surface area contributed by atoms with Crippen LogP contribution in [0, 0.1) is 17.7 Å². The summed E-state index contributed by atoms with van der Waals surface area (Å²) in [5.74, 6) is 3.67. The van der Waals surface area contributed by atoms with Gasteiger partial charge in [-0.05, 0) is 25.8 Å². The van der Waals surface area contributed by atoms with Crippen molar-refractivity contribution in [2.75, 3.05) is 6.61 Å². The van der Waals surface area contributed by atoms with Gasteiger partial charge in [0.05, 0.1) is 17.7 Å². The molecule has 0 radical (unpaired) electrons. The molecule has 1 aromatic heterocycles. The van der Waals surface area contributed by atoms with Crippen LogP contribution >= 0.6 is 0 Å². The van der Waals surface area contributed by atoms with Crippen molar-refractivity contribution in [3.8, 4) is 29.0 Å². The number of carbonyl (C=O) groups is 2. The molecular formula is C20H19FN4O4. The van der Waals surface area contributed by atoms with Crippen molar-refractivity contribution in [2.24, 2.45) is 5.73 Å². The van der Waals surface area contributed by atoms with Gasteiger partial charge in [0.25, 0.3) is 11.8 Å². The lowest BCUT2D eigenvalue weighted by atomic mass is 10.0. The molecule has 1 aromatic carbocycles. The van der Waals surface area contributed by atoms with Gasteiger partial charge in [0.15, 0.2) is 0 Å². The second kappa shape index (κ2) is 6.90. The van der Waals surface area contributed by atoms with Crippen molar-refractivity contribution in [3.63, 3.8) is 0 Å². The van der Waals surface area contributed by atoms with Crippen LogP contribution in [0.15, 0.2) is 18.3 Å². The van der Waals surface area contributed by atoms with E-state index < -0.39 is 23.2 Å². The third-order valence-electron chi connectivity index (χ3n) is 4.72. The summed E-state index contributed by atoms with van der Waals surface area (Å²) in [7, 11) is 0. The van der Waals surface area contributed by atoms with Gasteiger partial charge in [-0.15, -0.1) is 0 Å². The van der Waals surface area contributed by atoms with Crippen LogP contribution in [0.3, 0.4) is 0 Å². The zero-order chi connectivity index (χ0) is 20.8. The molecule has 1 saturated carbocycles. The second-order valence-corrected chi connectivity index (χ2v) is 7.25. The Morgan fingerprint density at radius 3 is 2.90 bits per heavy atom. The fourth-order valence-corrected chi connectivity index (χ4v) is 2.92. The van der Waals surface area contributed by atoms with Crippen LogP contribution in [0.25, 0.3) is 11.4 Å². The van der Waals surface area contributed by atoms with E-state index in [1.807, 2.05) is 0 Å². The van der Waals surface area contributed by atoms with Crippen molar-refractivity contribution in [2.45, 2.75) is 38.0 Å². The van der Waals surface area contributed by atoms with Crippen LogP contribution in [0.2, 0.25) is 0 Å². The lowest BCUT2D eigenvalue weighted by molar-refractivity contribution is -0.133. The van der Waals surface area contributed by atoms with Gasteiger partial charge < -0.3 is 25.5 Å². The Balaban J connectivity index is 1.71. The zero-order valence-corrected chi connectivity index (χ0v) is 15.7. The van der Waals surface area contributed by atoms with Gasteiger partial charge in [0.1, 0.15) is 29.7 Å². The summed E-state index contributed by atoms with van der Waals surface area (Å²) >= 11 is 0. The monoisotopic (exact) mass is 398 g/mol. The van der Waals surface area contributed by atoms with Gasteiger partial charge in [0.2, 0.25) is 5.60 Å². The first kappa shape index (κ1) is 19.0. The van der Waals surface area contributed by atoms with Gasteiger partial charge >= 0.3 is 0 Å². The Kier molecular flexibility index (Phi) is 4.51. The average Bonchev–Trinajstić information content (AvgIpc) is 3.40. The van der Waals surface area contributed by atoms with E-state index in [2.05, 4.69) is 22.1 Å². The second-order valence-electron chi connectivity index (χ2n) is 7.25. The van der Waals surface area contributed by atoms with Crippen LogP contribution in [-0.4, -0.2) is 44.7 Å². The highest BCUT2D eigenvalue weighted by Gasteiger charge is 2.33. The third-order valence-corrected chi connectivity index (χ3v) is 4.72. The minimum Gasteiger partial charge on any atom is -0.491 e. The molecular weight excluding hydrogens is 379 g/mol. The summed E-state index contributed by atoms with van der Waals surface area (Å²) in [5.41, 5.74) is 3.83. The van der Waals surface area contributed by atoms with E-state index in [-0.39, 0.29) is 29.7 Å². The fourth-order valence-electron chi connectivity index (χ4n) is 2.92. The number of imidazole rings is 1. The van der Waals surface area contributed by atoms with E-state index in [0.29, 0.717) is 17.9 Å². The predicted octanol–water partition coefficient (Wildman–Crippen LogP) is 0.562. The number of hydrogen-bond donors (Lipinski definition) is 3. The molecule has 2 amide bonds. The minimum absolute atomic E-state index is 0.0380. The molecule has 4 rings (SSSR count). The summed E-state index contributed by atoms with van der Waals surface area (Å²) in [6.07, 6.45) is 3.25. The largest absolute Gasteiger partial charge is 0.491 e. The molecule has 2 aromatic rings. The van der Waals surface area contributed by atoms with Crippen LogP contribution < -0.4 is 15.8 Å². The number of aliphatic hydroxyl groups is 1. The van der Waals surface area contributed by atoms with Crippen molar-refractivity contribution in [1.82, 2.24) is 14.9 Å². The summed E-state index contributed by atoms with van der Waals surface area (Å²) in [5, 5.41) is 13.0. The minimum atomic E-state index is -1.96. The topological polar surface area (TPSA) is 119 Å². The number of rotatable bonds is 3. The SMILES string of the molecule is CC(O)(C#Cc1cc2c(cc1F)OCCn1cc(C(N)=O)nc1-2)C(=O)NC1CC1. The normalized spacial score (nSPS) is 16.8. The molecule has 2 heterocycles. The van der Waals surface area contributed by atoms with Gasteiger partial charge in [-0.2, -0.15) is 0 Å². The molecule has 2 aliphatic rings. The quantitative estimate of drug-likeness (QED) is 0.653. The third kappa shape index (κ3) is 3.79. The molecule has 8 nitrogen and oxygen atoms in total. The summed E-state index contributed by atoms with van der Waals surface area (Å²) in [6, 6.07) is 2.66. The number of halogens is 1. The van der Waals surface area contributed by atoms with Crippen LogP contribution in [-0.2, 0) is 11.3 Å². The lowest BCUT2D eigenvalue weighted by Crippen LogP contribution is -2.44. The number of nitrogens with one attached hydrogen (secondary N) is 1. The smallest absolute Gasteiger partial charge is 0.268 e. The molecule has 9 heteroatoms. The van der Waals surface area contributed by atoms with Crippen LogP contribution in [0.1, 0.15) is 35.8 Å². The molecule has 1 fully saturated rings. The summed E-state index contributed by atoms with van der Waals surface area (Å²) in [4.78, 5) is 27.8. The number of primary amides is 1. The van der Waals surface area contributed by atoms with E-state index in [1.54, 1.807) is 4.57 Å². The molecule has 29 heavy (non-hydrogen) atoms. The van der Waals surface area contributed by atoms with Crippen molar-refractivity contribution in [3.05, 3.63) is 35.4 Å². The average molecular weight is 398 g/mol. The standard InChI is InChI=1S/C20H19FN4O4/c1-20(28,19(27)23-12-2-3-12)5-4-11-8-13-16(9-14(11)21)29-7-6-25-10-15(17(22)26)24-18(13)25/h8-10,12,28H,2-3,6-7H2,1H3,(H2,22,26)(H,23,27). The van der Waals surface area contributed by atoms with E-state index in [1.165, 1.54) is 25.3 Å². The van der Waals surface area contributed by atoms with E-state index >= 15 is 0 Å². The Labute approximate surface area is 165 Å². The number of benzene rings is 1. The number of hydrogen-bond acceptors (Lipinski definition) is 5. The molecule has 0 saturated heterocycles. The number of fused-ring (bicyclic) bond motifs is 3. The van der Waals surface area contributed by atoms with E-state index in [4.69, 9.17) is 10.5 Å². The van der Waals surface area contributed by atoms with Crippen LogP contribution in [0.5, 0.6) is 5.75 Å². The highest BCUT2D eigenvalue weighted by atomic mass is 19.1. The van der Waals surface area contributed by atoms with E-state index in [9.17, 15) is 19.1 Å². The first-order valence-corrected chi connectivity index (χ1v) is 9.15. The van der Waals surface area contributed by atoms with Crippen molar-refractivity contribution < 1.29 is 23.8 Å². The number of amides is 2. The highest BCUT2D eigenvalue weighted by Crippen LogP contribution is 2.34. The zero-order valence-electron chi connectivity index (χ0n) is 15.7. The summed E-state index contributed by atoms with van der Waals surface area (Å²) in [6.45, 7) is 1.92. The van der Waals surface area contributed by atoms with Crippen LogP contribution in [0.4, 0.5) is 4.39 Å². The fraction of sp³-hybridized carbons (Fsp3) is 0.350. The number of nitrogens with two attached hydrogens (primary N) is 1. The Hall–Kier alpha value is -3.38. The number of nitrogens with zero attached hydrogens (tertiary/aromatic N) is 2. The summed E-state index contributed by atoms with van der Waals surface area (Å²) < 4.78 is 21.8. The molecule has 1 atom stereocenters. The molecule has 0 spiro atoms. The maximum atomic E-state index is 14.6. The van der Waals surface area contributed by atoms with Crippen molar-refractivity contribution in [1.29, 1.82) is 0 Å². The first-order chi connectivity index (χ1) is 13.7. The lowest BCUT2D eigenvalue weighted by Gasteiger charge is -2.15. The van der Waals surface area contributed by atoms with Gasteiger partial charge in [-0.3, -0.25) is 9.59 Å². The Bertz CT molecular complexity index is 1080. The van der Waals surface area contributed by atoms with Gasteiger partial charge in [-0.1, -0.05) is 11.8 Å². The van der Waals surface area contributed by atoms with Crippen molar-refractivity contribution >= 4 is 11.8 Å². The van der Waals surface area contributed by atoms with Gasteiger partial charge in [-0.25, -0.2) is 9.37 Å². The maximum Gasteiger partial charge on any atom is 0.268 e. The van der Waals surface area contributed by atoms with E-state index in [0.717, 1.165) is 12.8 Å². The number of carbonyl (C=O) groups excluding carboxylic acids is 2.